The molecule has 0 amide bonds. The van der Waals surface area contributed by atoms with E-state index >= 15 is 0 Å². The number of hydrogen-bond donors (Lipinski definition) is 3. The molecule has 2 rings (SSSR count). The smallest absolute Gasteiger partial charge is 0.0875 e. The van der Waals surface area contributed by atoms with Crippen LogP contribution in [-0.4, -0.2) is 42.0 Å². The molecular formula is C7H11BO3. The minimum absolute atomic E-state index is 0.0659. The van der Waals surface area contributed by atoms with E-state index in [0.29, 0.717) is 0 Å². The third-order valence-corrected chi connectivity index (χ3v) is 3.24. The molecule has 0 aromatic heterocycles. The zero-order chi connectivity index (χ0) is 8.22. The van der Waals surface area contributed by atoms with Gasteiger partial charge in [-0.05, 0) is 18.2 Å². The van der Waals surface area contributed by atoms with Crippen molar-refractivity contribution in [1.82, 2.24) is 0 Å². The van der Waals surface area contributed by atoms with Crippen molar-refractivity contribution >= 4 is 7.85 Å². The average molecular weight is 154 g/mol. The van der Waals surface area contributed by atoms with Crippen LogP contribution in [0.3, 0.4) is 0 Å². The van der Waals surface area contributed by atoms with Crippen LogP contribution in [0.2, 0.25) is 5.82 Å². The molecule has 3 N–H and O–H groups in total. The highest BCUT2D eigenvalue weighted by Crippen LogP contribution is 2.67. The standard InChI is InChI=1S/C7H11BO3/c8-4-3-1-7(3,2-9)6(11)5(4)10/h3-6,9-11H,1-2H2/t3?,4-,5+,6+,7-/m1/s1. The van der Waals surface area contributed by atoms with Crippen molar-refractivity contribution in [1.29, 1.82) is 0 Å². The van der Waals surface area contributed by atoms with Crippen LogP contribution < -0.4 is 0 Å². The van der Waals surface area contributed by atoms with Crippen LogP contribution in [0.4, 0.5) is 0 Å². The maximum absolute atomic E-state index is 9.44. The van der Waals surface area contributed by atoms with E-state index < -0.39 is 17.6 Å². The van der Waals surface area contributed by atoms with Gasteiger partial charge in [0.2, 0.25) is 0 Å². The summed E-state index contributed by atoms with van der Waals surface area (Å²) in [6, 6.07) is 0. The fraction of sp³-hybridized carbons (Fsp3) is 1.00. The van der Waals surface area contributed by atoms with Crippen molar-refractivity contribution in [2.75, 3.05) is 6.61 Å². The van der Waals surface area contributed by atoms with Gasteiger partial charge >= 0.3 is 0 Å². The van der Waals surface area contributed by atoms with Crippen LogP contribution in [-0.2, 0) is 0 Å². The maximum atomic E-state index is 9.44. The van der Waals surface area contributed by atoms with Crippen molar-refractivity contribution in [3.05, 3.63) is 0 Å². The number of rotatable bonds is 1. The predicted octanol–water partition coefficient (Wildman–Crippen LogP) is -1.32. The highest BCUT2D eigenvalue weighted by molar-refractivity contribution is 6.13. The predicted molar refractivity (Wildman–Crippen MR) is 39.1 cm³/mol. The molecule has 0 spiro atoms. The molecule has 2 radical (unpaired) electrons. The van der Waals surface area contributed by atoms with Crippen LogP contribution in [0.1, 0.15) is 6.42 Å². The van der Waals surface area contributed by atoms with Crippen LogP contribution >= 0.6 is 0 Å². The van der Waals surface area contributed by atoms with Crippen molar-refractivity contribution in [2.45, 2.75) is 24.4 Å². The molecule has 0 aliphatic heterocycles. The van der Waals surface area contributed by atoms with E-state index in [4.69, 9.17) is 13.0 Å². The van der Waals surface area contributed by atoms with E-state index in [1.165, 1.54) is 0 Å². The first-order valence-corrected chi connectivity index (χ1v) is 3.86. The molecule has 2 fully saturated rings. The number of fused-ring (bicyclic) bond motifs is 1. The molecule has 0 aromatic carbocycles. The Bertz CT molecular complexity index is 185. The van der Waals surface area contributed by atoms with E-state index in [1.807, 2.05) is 0 Å². The van der Waals surface area contributed by atoms with Crippen molar-refractivity contribution < 1.29 is 15.3 Å². The molecule has 2 aliphatic rings. The summed E-state index contributed by atoms with van der Waals surface area (Å²) < 4.78 is 0. The normalized spacial score (nSPS) is 61.0. The van der Waals surface area contributed by atoms with E-state index in [-0.39, 0.29) is 18.3 Å². The summed E-state index contributed by atoms with van der Waals surface area (Å²) in [5.74, 6) is -0.227. The lowest BCUT2D eigenvalue weighted by atomic mass is 9.81. The van der Waals surface area contributed by atoms with Crippen molar-refractivity contribution in [3.8, 4) is 0 Å². The number of aliphatic hydroxyl groups is 3. The van der Waals surface area contributed by atoms with Gasteiger partial charge in [0.1, 0.15) is 0 Å². The van der Waals surface area contributed by atoms with Gasteiger partial charge in [0.15, 0.2) is 0 Å². The summed E-state index contributed by atoms with van der Waals surface area (Å²) in [4.78, 5) is 0. The Kier molecular flexibility index (Phi) is 1.38. The van der Waals surface area contributed by atoms with Gasteiger partial charge < -0.3 is 15.3 Å². The summed E-state index contributed by atoms with van der Waals surface area (Å²) in [5.41, 5.74) is -0.459. The van der Waals surface area contributed by atoms with Crippen molar-refractivity contribution in [2.24, 2.45) is 11.3 Å². The van der Waals surface area contributed by atoms with Gasteiger partial charge in [0.25, 0.3) is 0 Å². The Morgan fingerprint density at radius 3 is 2.36 bits per heavy atom. The zero-order valence-electron chi connectivity index (χ0n) is 6.14. The van der Waals surface area contributed by atoms with Gasteiger partial charge in [-0.3, -0.25) is 0 Å². The summed E-state index contributed by atoms with van der Waals surface area (Å²) in [5, 5.41) is 27.7. The monoisotopic (exact) mass is 154 g/mol. The topological polar surface area (TPSA) is 60.7 Å². The van der Waals surface area contributed by atoms with Crippen LogP contribution in [0.25, 0.3) is 0 Å². The number of hydrogen-bond acceptors (Lipinski definition) is 3. The molecule has 1 unspecified atom stereocenters. The Morgan fingerprint density at radius 1 is 1.45 bits per heavy atom. The fourth-order valence-corrected chi connectivity index (χ4v) is 2.27. The Morgan fingerprint density at radius 2 is 2.09 bits per heavy atom. The molecule has 11 heavy (non-hydrogen) atoms. The van der Waals surface area contributed by atoms with Crippen molar-refractivity contribution in [3.63, 3.8) is 0 Å². The minimum atomic E-state index is -0.846. The lowest BCUT2D eigenvalue weighted by Gasteiger charge is -2.20. The summed E-state index contributed by atoms with van der Waals surface area (Å²) >= 11 is 0. The summed E-state index contributed by atoms with van der Waals surface area (Å²) in [6.45, 7) is -0.0659. The second kappa shape index (κ2) is 2.00. The summed E-state index contributed by atoms with van der Waals surface area (Å²) in [6.07, 6.45) is -0.920. The maximum Gasteiger partial charge on any atom is 0.0875 e. The lowest BCUT2D eigenvalue weighted by Crippen LogP contribution is -2.33. The van der Waals surface area contributed by atoms with Gasteiger partial charge in [-0.1, -0.05) is 0 Å². The molecule has 60 valence electrons. The quantitative estimate of drug-likeness (QED) is 0.410. The summed E-state index contributed by atoms with van der Waals surface area (Å²) in [7, 11) is 5.59. The minimum Gasteiger partial charge on any atom is -0.396 e. The average Bonchev–Trinajstić information content (AvgIpc) is 2.71. The molecule has 2 saturated carbocycles. The largest absolute Gasteiger partial charge is 0.396 e. The first kappa shape index (κ1) is 7.59. The third-order valence-electron chi connectivity index (χ3n) is 3.24. The molecular weight excluding hydrogens is 143 g/mol. The molecule has 0 heterocycles. The molecule has 2 aliphatic carbocycles. The lowest BCUT2D eigenvalue weighted by molar-refractivity contribution is -0.0181. The van der Waals surface area contributed by atoms with Crippen LogP contribution in [0.5, 0.6) is 0 Å². The molecule has 4 heteroatoms. The highest BCUT2D eigenvalue weighted by atomic mass is 16.3. The van der Waals surface area contributed by atoms with E-state index in [2.05, 4.69) is 0 Å². The van der Waals surface area contributed by atoms with E-state index in [0.717, 1.165) is 6.42 Å². The van der Waals surface area contributed by atoms with Crippen LogP contribution in [0, 0.1) is 11.3 Å². The highest BCUT2D eigenvalue weighted by Gasteiger charge is 2.68. The molecule has 0 saturated heterocycles. The molecule has 0 bridgehead atoms. The second-order valence-corrected chi connectivity index (χ2v) is 3.71. The third kappa shape index (κ3) is 0.700. The first-order chi connectivity index (χ1) is 5.13. The van der Waals surface area contributed by atoms with Crippen LogP contribution in [0.15, 0.2) is 0 Å². The Hall–Kier alpha value is -0.0551. The SMILES string of the molecule is [B][C@@H]1C2C[C@]2(CO)[C@@H](O)[C@H]1O. The molecule has 5 atom stereocenters. The zero-order valence-corrected chi connectivity index (χ0v) is 6.14. The second-order valence-electron chi connectivity index (χ2n) is 3.71. The van der Waals surface area contributed by atoms with Gasteiger partial charge in [0, 0.05) is 5.41 Å². The fourth-order valence-electron chi connectivity index (χ4n) is 2.27. The van der Waals surface area contributed by atoms with Gasteiger partial charge in [0.05, 0.1) is 26.7 Å². The van der Waals surface area contributed by atoms with E-state index in [9.17, 15) is 10.2 Å². The van der Waals surface area contributed by atoms with E-state index in [1.54, 1.807) is 0 Å². The Labute approximate surface area is 66.5 Å². The van der Waals surface area contributed by atoms with Gasteiger partial charge in [-0.2, -0.15) is 0 Å². The van der Waals surface area contributed by atoms with Gasteiger partial charge in [-0.15, -0.1) is 0 Å². The first-order valence-electron chi connectivity index (χ1n) is 3.86. The molecule has 3 nitrogen and oxygen atoms in total. The number of aliphatic hydroxyl groups excluding tert-OH is 3. The Balaban J connectivity index is 2.21. The molecule has 0 aromatic rings. The van der Waals surface area contributed by atoms with Gasteiger partial charge in [-0.25, -0.2) is 0 Å².